The summed E-state index contributed by atoms with van der Waals surface area (Å²) in [5.41, 5.74) is 11.1. The number of nitrogens with one attached hydrogen (secondary N) is 1. The number of pyridine rings is 1. The summed E-state index contributed by atoms with van der Waals surface area (Å²) in [5, 5.41) is 13.6. The molecule has 0 radical (unpaired) electrons. The van der Waals surface area contributed by atoms with Crippen LogP contribution in [0.2, 0.25) is 0 Å². The Hall–Kier alpha value is -2.48. The summed E-state index contributed by atoms with van der Waals surface area (Å²) >= 11 is 0. The van der Waals surface area contributed by atoms with E-state index in [1.54, 1.807) is 0 Å². The minimum absolute atomic E-state index is 0.315. The molecule has 0 saturated carbocycles. The number of hydrogen-bond acceptors (Lipinski definition) is 6. The fourth-order valence-corrected chi connectivity index (χ4v) is 4.43. The molecule has 1 saturated heterocycles. The van der Waals surface area contributed by atoms with Crippen LogP contribution in [0.5, 0.6) is 0 Å². The van der Waals surface area contributed by atoms with Gasteiger partial charge in [-0.1, -0.05) is 24.3 Å². The molecule has 7 heteroatoms. The molecule has 31 heavy (non-hydrogen) atoms. The molecule has 2 aliphatic rings. The van der Waals surface area contributed by atoms with E-state index in [1.807, 2.05) is 13.0 Å². The van der Waals surface area contributed by atoms with E-state index in [9.17, 15) is 5.11 Å². The maximum absolute atomic E-state index is 9.84. The number of imidazole rings is 1. The molecule has 0 amide bonds. The number of nitrogens with two attached hydrogens (primary N) is 1. The van der Waals surface area contributed by atoms with Crippen molar-refractivity contribution in [3.63, 3.8) is 0 Å². The van der Waals surface area contributed by atoms with Gasteiger partial charge < -0.3 is 25.6 Å². The number of piperidine rings is 1. The summed E-state index contributed by atoms with van der Waals surface area (Å²) in [6.45, 7) is 7.74. The standard InChI is InChI=1S/C24H34N6O/c1-17-6-3-4-9-22-23(17)28-24(30(22)15-20-8-5-7-18(2)26-20)27-19-10-12-29(13-11-19)16-21(31)14-25/h3-8,19,21,31H,9-16,25H2,1-2H3,(H,27,28). The van der Waals surface area contributed by atoms with Crippen LogP contribution in [0.3, 0.4) is 0 Å². The number of aryl methyl sites for hydroxylation is 1. The molecular weight excluding hydrogens is 388 g/mol. The van der Waals surface area contributed by atoms with Crippen LogP contribution in [0.15, 0.2) is 36.4 Å². The van der Waals surface area contributed by atoms with Crippen LogP contribution >= 0.6 is 0 Å². The van der Waals surface area contributed by atoms with Gasteiger partial charge in [0.05, 0.1) is 29.7 Å². The third kappa shape index (κ3) is 5.23. The lowest BCUT2D eigenvalue weighted by Gasteiger charge is -2.33. The number of β-amino-alcohol motifs (C(OH)–C–C–N with tert-alkyl or cyclic N) is 1. The topological polar surface area (TPSA) is 92.2 Å². The molecule has 1 unspecified atom stereocenters. The number of allylic oxidation sites excluding steroid dienone is 4. The van der Waals surface area contributed by atoms with Gasteiger partial charge in [-0.15, -0.1) is 0 Å². The first-order valence-corrected chi connectivity index (χ1v) is 11.3. The molecule has 0 aromatic carbocycles. The number of likely N-dealkylation sites (tertiary alicyclic amines) is 1. The first-order chi connectivity index (χ1) is 15.0. The highest BCUT2D eigenvalue weighted by atomic mass is 16.3. The SMILES string of the molecule is CC1=CC=CCc2c1nc(NC1CCN(CC(O)CN)CC1)n2Cc1cccc(C)n1. The fourth-order valence-electron chi connectivity index (χ4n) is 4.43. The monoisotopic (exact) mass is 422 g/mol. The highest BCUT2D eigenvalue weighted by molar-refractivity contribution is 5.67. The van der Waals surface area contributed by atoms with Crippen molar-refractivity contribution in [2.24, 2.45) is 5.73 Å². The van der Waals surface area contributed by atoms with Crippen LogP contribution in [0.4, 0.5) is 5.95 Å². The molecule has 3 heterocycles. The van der Waals surface area contributed by atoms with E-state index in [-0.39, 0.29) is 0 Å². The molecule has 0 bridgehead atoms. The van der Waals surface area contributed by atoms with Gasteiger partial charge in [0.1, 0.15) is 0 Å². The highest BCUT2D eigenvalue weighted by Gasteiger charge is 2.24. The number of hydrogen-bond donors (Lipinski definition) is 3. The zero-order valence-electron chi connectivity index (χ0n) is 18.6. The van der Waals surface area contributed by atoms with Crippen molar-refractivity contribution in [1.82, 2.24) is 19.4 Å². The van der Waals surface area contributed by atoms with Gasteiger partial charge in [0, 0.05) is 44.3 Å². The maximum Gasteiger partial charge on any atom is 0.204 e. The second-order valence-corrected chi connectivity index (χ2v) is 8.68. The molecule has 2 aromatic rings. The van der Waals surface area contributed by atoms with Crippen LogP contribution in [-0.4, -0.2) is 62.9 Å². The lowest BCUT2D eigenvalue weighted by molar-refractivity contribution is 0.104. The number of aromatic nitrogens is 3. The summed E-state index contributed by atoms with van der Waals surface area (Å²) in [5.74, 6) is 0.928. The van der Waals surface area contributed by atoms with Crippen molar-refractivity contribution in [2.45, 2.75) is 51.8 Å². The van der Waals surface area contributed by atoms with Gasteiger partial charge >= 0.3 is 0 Å². The number of fused-ring (bicyclic) bond motifs is 1. The zero-order chi connectivity index (χ0) is 21.8. The number of aliphatic hydroxyl groups is 1. The predicted octanol–water partition coefficient (Wildman–Crippen LogP) is 2.35. The molecule has 7 nitrogen and oxygen atoms in total. The Labute approximate surface area is 184 Å². The second-order valence-electron chi connectivity index (χ2n) is 8.68. The van der Waals surface area contributed by atoms with Gasteiger partial charge in [-0.3, -0.25) is 4.98 Å². The van der Waals surface area contributed by atoms with Crippen molar-refractivity contribution >= 4 is 11.5 Å². The lowest BCUT2D eigenvalue weighted by atomic mass is 10.0. The van der Waals surface area contributed by atoms with Crippen LogP contribution < -0.4 is 11.1 Å². The largest absolute Gasteiger partial charge is 0.390 e. The lowest BCUT2D eigenvalue weighted by Crippen LogP contribution is -2.44. The second kappa shape index (κ2) is 9.77. The maximum atomic E-state index is 9.84. The first-order valence-electron chi connectivity index (χ1n) is 11.3. The number of nitrogens with zero attached hydrogens (tertiary/aromatic N) is 4. The molecule has 1 atom stereocenters. The van der Waals surface area contributed by atoms with Crippen LogP contribution in [0, 0.1) is 6.92 Å². The summed E-state index contributed by atoms with van der Waals surface area (Å²) in [6.07, 6.45) is 8.91. The minimum atomic E-state index is -0.441. The van der Waals surface area contributed by atoms with Crippen molar-refractivity contribution < 1.29 is 5.11 Å². The van der Waals surface area contributed by atoms with Crippen LogP contribution in [0.25, 0.3) is 5.57 Å². The van der Waals surface area contributed by atoms with E-state index < -0.39 is 6.10 Å². The number of anilines is 1. The van der Waals surface area contributed by atoms with Gasteiger partial charge in [-0.05, 0) is 44.4 Å². The van der Waals surface area contributed by atoms with Gasteiger partial charge in [-0.25, -0.2) is 4.98 Å². The van der Waals surface area contributed by atoms with E-state index in [0.717, 1.165) is 55.4 Å². The van der Waals surface area contributed by atoms with Gasteiger partial charge in [0.15, 0.2) is 0 Å². The van der Waals surface area contributed by atoms with E-state index in [0.29, 0.717) is 25.7 Å². The molecule has 2 aromatic heterocycles. The summed E-state index contributed by atoms with van der Waals surface area (Å²) in [7, 11) is 0. The number of aliphatic hydroxyl groups excluding tert-OH is 1. The molecule has 4 N–H and O–H groups in total. The van der Waals surface area contributed by atoms with Crippen molar-refractivity contribution in [2.75, 3.05) is 31.5 Å². The Balaban J connectivity index is 1.54. The van der Waals surface area contributed by atoms with E-state index >= 15 is 0 Å². The Morgan fingerprint density at radius 3 is 2.77 bits per heavy atom. The third-order valence-electron chi connectivity index (χ3n) is 6.17. The Morgan fingerprint density at radius 2 is 2.03 bits per heavy atom. The average Bonchev–Trinajstić information content (AvgIpc) is 2.98. The Morgan fingerprint density at radius 1 is 1.23 bits per heavy atom. The summed E-state index contributed by atoms with van der Waals surface area (Å²) in [4.78, 5) is 12.1. The first kappa shape index (κ1) is 21.7. The smallest absolute Gasteiger partial charge is 0.204 e. The molecule has 1 aliphatic heterocycles. The molecule has 0 spiro atoms. The van der Waals surface area contributed by atoms with Crippen molar-refractivity contribution in [3.8, 4) is 0 Å². The molecular formula is C24H34N6O. The normalized spacial score (nSPS) is 18.4. The zero-order valence-corrected chi connectivity index (χ0v) is 18.6. The predicted molar refractivity (Wildman–Crippen MR) is 125 cm³/mol. The average molecular weight is 423 g/mol. The van der Waals surface area contributed by atoms with Crippen molar-refractivity contribution in [3.05, 3.63) is 59.2 Å². The molecule has 4 rings (SSSR count). The number of rotatable bonds is 7. The molecule has 166 valence electrons. The molecule has 1 fully saturated rings. The van der Waals surface area contributed by atoms with E-state index in [1.165, 1.54) is 11.3 Å². The van der Waals surface area contributed by atoms with Crippen LogP contribution in [-0.2, 0) is 13.0 Å². The fraction of sp³-hybridized carbons (Fsp3) is 0.500. The quantitative estimate of drug-likeness (QED) is 0.634. The van der Waals surface area contributed by atoms with Crippen molar-refractivity contribution in [1.29, 1.82) is 0 Å². The van der Waals surface area contributed by atoms with Gasteiger partial charge in [-0.2, -0.15) is 0 Å². The summed E-state index contributed by atoms with van der Waals surface area (Å²) in [6, 6.07) is 6.54. The van der Waals surface area contributed by atoms with E-state index in [4.69, 9.17) is 15.7 Å². The Bertz CT molecular complexity index is 955. The van der Waals surface area contributed by atoms with Gasteiger partial charge in [0.2, 0.25) is 5.95 Å². The van der Waals surface area contributed by atoms with Crippen LogP contribution in [0.1, 0.15) is 42.5 Å². The van der Waals surface area contributed by atoms with E-state index in [2.05, 4.69) is 52.1 Å². The summed E-state index contributed by atoms with van der Waals surface area (Å²) < 4.78 is 2.30. The third-order valence-corrected chi connectivity index (χ3v) is 6.17. The Kier molecular flexibility index (Phi) is 6.85. The minimum Gasteiger partial charge on any atom is -0.390 e. The highest BCUT2D eigenvalue weighted by Crippen LogP contribution is 2.28. The van der Waals surface area contributed by atoms with Gasteiger partial charge in [0.25, 0.3) is 0 Å². The molecule has 1 aliphatic carbocycles.